The van der Waals surface area contributed by atoms with E-state index in [0.717, 1.165) is 4.31 Å². The van der Waals surface area contributed by atoms with E-state index < -0.39 is 10.0 Å². The van der Waals surface area contributed by atoms with E-state index in [1.165, 1.54) is 26.3 Å². The fourth-order valence-corrected chi connectivity index (χ4v) is 4.79. The van der Waals surface area contributed by atoms with Crippen LogP contribution in [0.3, 0.4) is 0 Å². The Morgan fingerprint density at radius 1 is 1.25 bits per heavy atom. The SMILES string of the molecule is COc1ccc(S(=O)(=O)N(C)Cc2nc(-c3cccc(Cl)c3)no2)cc1N1CCCC1=O. The molecule has 0 atom stereocenters. The quantitative estimate of drug-likeness (QED) is 0.514. The van der Waals surface area contributed by atoms with Gasteiger partial charge in [0.15, 0.2) is 0 Å². The van der Waals surface area contributed by atoms with Gasteiger partial charge in [0.25, 0.3) is 0 Å². The van der Waals surface area contributed by atoms with Gasteiger partial charge in [-0.15, -0.1) is 0 Å². The minimum absolute atomic E-state index is 0.0325. The fourth-order valence-electron chi connectivity index (χ4n) is 3.46. The second-order valence-corrected chi connectivity index (χ2v) is 9.75. The van der Waals surface area contributed by atoms with Crippen LogP contribution in [0.1, 0.15) is 18.7 Å². The van der Waals surface area contributed by atoms with E-state index in [2.05, 4.69) is 10.1 Å². The van der Waals surface area contributed by atoms with Crippen molar-refractivity contribution in [2.45, 2.75) is 24.3 Å². The molecule has 1 amide bonds. The third kappa shape index (κ3) is 4.34. The molecule has 0 N–H and O–H groups in total. The van der Waals surface area contributed by atoms with E-state index in [0.29, 0.717) is 47.2 Å². The highest BCUT2D eigenvalue weighted by molar-refractivity contribution is 7.89. The highest BCUT2D eigenvalue weighted by atomic mass is 35.5. The maximum Gasteiger partial charge on any atom is 0.243 e. The maximum atomic E-state index is 13.2. The van der Waals surface area contributed by atoms with Crippen molar-refractivity contribution in [2.75, 3.05) is 25.6 Å². The van der Waals surface area contributed by atoms with Gasteiger partial charge in [-0.2, -0.15) is 9.29 Å². The van der Waals surface area contributed by atoms with E-state index in [4.69, 9.17) is 20.9 Å². The Bertz CT molecular complexity index is 1260. The van der Waals surface area contributed by atoms with Crippen molar-refractivity contribution in [3.05, 3.63) is 53.4 Å². The molecule has 1 saturated heterocycles. The van der Waals surface area contributed by atoms with Crippen LogP contribution in [0.5, 0.6) is 5.75 Å². The van der Waals surface area contributed by atoms with Crippen molar-refractivity contribution in [3.8, 4) is 17.1 Å². The average molecular weight is 477 g/mol. The summed E-state index contributed by atoms with van der Waals surface area (Å²) in [6.45, 7) is 0.392. The first-order valence-electron chi connectivity index (χ1n) is 9.83. The molecule has 9 nitrogen and oxygen atoms in total. The number of hydrogen-bond acceptors (Lipinski definition) is 7. The number of methoxy groups -OCH3 is 1. The summed E-state index contributed by atoms with van der Waals surface area (Å²) < 4.78 is 38.0. The number of benzene rings is 2. The van der Waals surface area contributed by atoms with Crippen LogP contribution in [0.15, 0.2) is 51.9 Å². The topological polar surface area (TPSA) is 106 Å². The summed E-state index contributed by atoms with van der Waals surface area (Å²) in [6.07, 6.45) is 1.14. The van der Waals surface area contributed by atoms with E-state index in [1.54, 1.807) is 35.2 Å². The van der Waals surface area contributed by atoms with Gasteiger partial charge in [0.2, 0.25) is 27.6 Å². The number of carbonyl (C=O) groups excluding carboxylic acids is 1. The highest BCUT2D eigenvalue weighted by Crippen LogP contribution is 2.34. The lowest BCUT2D eigenvalue weighted by Gasteiger charge is -2.21. The van der Waals surface area contributed by atoms with Crippen LogP contribution in [-0.4, -0.2) is 49.5 Å². The third-order valence-electron chi connectivity index (χ3n) is 5.13. The van der Waals surface area contributed by atoms with Crippen LogP contribution < -0.4 is 9.64 Å². The van der Waals surface area contributed by atoms with Gasteiger partial charge < -0.3 is 14.2 Å². The molecule has 168 valence electrons. The summed E-state index contributed by atoms with van der Waals surface area (Å²) in [4.78, 5) is 18.0. The molecule has 0 aliphatic carbocycles. The van der Waals surface area contributed by atoms with Crippen molar-refractivity contribution >= 4 is 33.2 Å². The van der Waals surface area contributed by atoms with Crippen LogP contribution in [0.2, 0.25) is 5.02 Å². The number of amides is 1. The number of rotatable bonds is 7. The van der Waals surface area contributed by atoms with Crippen molar-refractivity contribution in [2.24, 2.45) is 0 Å². The third-order valence-corrected chi connectivity index (χ3v) is 7.17. The molecule has 1 aliphatic heterocycles. The number of aromatic nitrogens is 2. The van der Waals surface area contributed by atoms with Gasteiger partial charge in [-0.3, -0.25) is 4.79 Å². The summed E-state index contributed by atoms with van der Waals surface area (Å²) in [5, 5.41) is 4.43. The van der Waals surface area contributed by atoms with Crippen molar-refractivity contribution in [1.82, 2.24) is 14.4 Å². The predicted octanol–water partition coefficient (Wildman–Crippen LogP) is 3.35. The smallest absolute Gasteiger partial charge is 0.243 e. The molecule has 32 heavy (non-hydrogen) atoms. The predicted molar refractivity (Wildman–Crippen MR) is 118 cm³/mol. The molecule has 0 radical (unpaired) electrons. The van der Waals surface area contributed by atoms with Crippen molar-refractivity contribution in [1.29, 1.82) is 0 Å². The number of hydrogen-bond donors (Lipinski definition) is 0. The van der Waals surface area contributed by atoms with Gasteiger partial charge in [-0.25, -0.2) is 8.42 Å². The van der Waals surface area contributed by atoms with Crippen molar-refractivity contribution < 1.29 is 22.5 Å². The van der Waals surface area contributed by atoms with E-state index in [9.17, 15) is 13.2 Å². The summed E-state index contributed by atoms with van der Waals surface area (Å²) in [7, 11) is -1.00. The molecule has 3 aromatic rings. The molecule has 2 aromatic carbocycles. The molecule has 1 aliphatic rings. The maximum absolute atomic E-state index is 13.2. The number of sulfonamides is 1. The lowest BCUT2D eigenvalue weighted by molar-refractivity contribution is -0.117. The van der Waals surface area contributed by atoms with Gasteiger partial charge in [0, 0.05) is 30.6 Å². The van der Waals surface area contributed by atoms with Crippen LogP contribution in [-0.2, 0) is 21.4 Å². The molecular weight excluding hydrogens is 456 g/mol. The van der Waals surface area contributed by atoms with Crippen LogP contribution in [0, 0.1) is 0 Å². The fraction of sp³-hybridized carbons (Fsp3) is 0.286. The Morgan fingerprint density at radius 3 is 2.75 bits per heavy atom. The zero-order chi connectivity index (χ0) is 22.9. The number of anilines is 1. The monoisotopic (exact) mass is 476 g/mol. The number of nitrogens with zero attached hydrogens (tertiary/aromatic N) is 4. The summed E-state index contributed by atoms with van der Waals surface area (Å²) >= 11 is 6.00. The summed E-state index contributed by atoms with van der Waals surface area (Å²) in [5.41, 5.74) is 1.10. The van der Waals surface area contributed by atoms with Crippen molar-refractivity contribution in [3.63, 3.8) is 0 Å². The summed E-state index contributed by atoms with van der Waals surface area (Å²) in [5.74, 6) is 0.817. The van der Waals surface area contributed by atoms with Gasteiger partial charge in [-0.05, 0) is 36.8 Å². The van der Waals surface area contributed by atoms with E-state index in [1.807, 2.05) is 0 Å². The zero-order valence-electron chi connectivity index (χ0n) is 17.5. The molecule has 4 rings (SSSR count). The molecule has 0 unspecified atom stereocenters. The molecule has 0 saturated carbocycles. The first kappa shape index (κ1) is 22.3. The average Bonchev–Trinajstić information content (AvgIpc) is 3.42. The Balaban J connectivity index is 1.58. The van der Waals surface area contributed by atoms with Gasteiger partial charge in [-0.1, -0.05) is 28.9 Å². The number of halogens is 1. The van der Waals surface area contributed by atoms with Gasteiger partial charge in [0.1, 0.15) is 5.75 Å². The Labute approximate surface area is 190 Å². The first-order valence-corrected chi connectivity index (χ1v) is 11.6. The second kappa shape index (κ2) is 8.89. The standard InChI is InChI=1S/C21H21ClN4O5S/c1-25(13-19-23-21(24-31-19)14-5-3-6-15(22)11-14)32(28,29)16-8-9-18(30-2)17(12-16)26-10-4-7-20(26)27/h3,5-6,8-9,11-12H,4,7,10,13H2,1-2H3. The molecule has 0 bridgehead atoms. The minimum Gasteiger partial charge on any atom is -0.495 e. The van der Waals surface area contributed by atoms with E-state index in [-0.39, 0.29) is 23.2 Å². The zero-order valence-corrected chi connectivity index (χ0v) is 19.1. The Morgan fingerprint density at radius 2 is 2.06 bits per heavy atom. The molecule has 11 heteroatoms. The largest absolute Gasteiger partial charge is 0.495 e. The molecule has 1 fully saturated rings. The van der Waals surface area contributed by atoms with Gasteiger partial charge >= 0.3 is 0 Å². The van der Waals surface area contributed by atoms with Crippen LogP contribution in [0.25, 0.3) is 11.4 Å². The number of carbonyl (C=O) groups is 1. The van der Waals surface area contributed by atoms with Gasteiger partial charge in [0.05, 0.1) is 24.2 Å². The van der Waals surface area contributed by atoms with E-state index >= 15 is 0 Å². The highest BCUT2D eigenvalue weighted by Gasteiger charge is 2.29. The lowest BCUT2D eigenvalue weighted by atomic mass is 10.2. The molecular formula is C21H21ClN4O5S. The Hall–Kier alpha value is -2.95. The molecule has 0 spiro atoms. The second-order valence-electron chi connectivity index (χ2n) is 7.27. The lowest BCUT2D eigenvalue weighted by Crippen LogP contribution is -2.28. The Kier molecular flexibility index (Phi) is 6.18. The normalized spacial score (nSPS) is 14.4. The minimum atomic E-state index is -3.90. The van der Waals surface area contributed by atoms with Crippen LogP contribution in [0.4, 0.5) is 5.69 Å². The number of ether oxygens (including phenoxy) is 1. The van der Waals surface area contributed by atoms with Crippen LogP contribution >= 0.6 is 11.6 Å². The first-order chi connectivity index (χ1) is 15.3. The molecule has 1 aromatic heterocycles. The summed E-state index contributed by atoms with van der Waals surface area (Å²) in [6, 6.07) is 11.4. The molecule has 2 heterocycles.